The molecule has 0 spiro atoms. The van der Waals surface area contributed by atoms with Crippen molar-refractivity contribution in [2.45, 2.75) is 24.5 Å². The second kappa shape index (κ2) is 9.35. The van der Waals surface area contributed by atoms with Crippen LogP contribution in [0.1, 0.15) is 12.7 Å². The highest BCUT2D eigenvalue weighted by Gasteiger charge is 2.38. The molecule has 1 aliphatic rings. The van der Waals surface area contributed by atoms with Gasteiger partial charge >= 0.3 is 6.18 Å². The number of rotatable bonds is 6. The van der Waals surface area contributed by atoms with Crippen molar-refractivity contribution in [3.8, 4) is 0 Å². The molecular weight excluding hydrogens is 471 g/mol. The number of aromatic nitrogens is 2. The fourth-order valence-corrected chi connectivity index (χ4v) is 5.43. The van der Waals surface area contributed by atoms with Crippen LogP contribution in [0.25, 0.3) is 11.0 Å². The minimum atomic E-state index is -4.74. The Morgan fingerprint density at radius 2 is 1.76 bits per heavy atom. The van der Waals surface area contributed by atoms with Crippen LogP contribution in [0.4, 0.5) is 18.9 Å². The third kappa shape index (κ3) is 4.93. The monoisotopic (exact) mass is 495 g/mol. The Hall–Kier alpha value is -2.96. The van der Waals surface area contributed by atoms with Gasteiger partial charge in [-0.15, -0.1) is 0 Å². The minimum Gasteiger partial charge on any atom is -0.324 e. The Morgan fingerprint density at radius 1 is 1.06 bits per heavy atom. The molecule has 0 saturated carbocycles. The molecule has 0 aliphatic carbocycles. The zero-order valence-corrected chi connectivity index (χ0v) is 19.2. The smallest absolute Gasteiger partial charge is 0.324 e. The lowest BCUT2D eigenvalue weighted by Crippen LogP contribution is -2.48. The molecule has 1 amide bonds. The van der Waals surface area contributed by atoms with Crippen LogP contribution >= 0.6 is 0 Å². The molecule has 1 N–H and O–H groups in total. The maximum absolute atomic E-state index is 13.5. The van der Waals surface area contributed by atoms with E-state index in [1.165, 1.54) is 40.7 Å². The second-order valence-corrected chi connectivity index (χ2v) is 9.86. The number of para-hydroxylation sites is 2. The zero-order chi connectivity index (χ0) is 24.5. The number of nitrogens with one attached hydrogen (secondary N) is 1. The van der Waals surface area contributed by atoms with Gasteiger partial charge in [-0.25, -0.2) is 13.4 Å². The predicted octanol–water partition coefficient (Wildman–Crippen LogP) is 3.02. The average molecular weight is 496 g/mol. The molecule has 2 aromatic carbocycles. The van der Waals surface area contributed by atoms with Gasteiger partial charge in [0.25, 0.3) is 0 Å². The number of amides is 1. The van der Waals surface area contributed by atoms with Gasteiger partial charge in [0.2, 0.25) is 21.8 Å². The van der Waals surface area contributed by atoms with E-state index in [1.54, 1.807) is 12.1 Å². The Labute approximate surface area is 195 Å². The van der Waals surface area contributed by atoms with Gasteiger partial charge in [-0.3, -0.25) is 4.79 Å². The van der Waals surface area contributed by atoms with Gasteiger partial charge < -0.3 is 14.8 Å². The van der Waals surface area contributed by atoms with Gasteiger partial charge in [0.15, 0.2) is 0 Å². The van der Waals surface area contributed by atoms with Gasteiger partial charge in [-0.1, -0.05) is 25.1 Å². The maximum Gasteiger partial charge on any atom is 0.449 e. The van der Waals surface area contributed by atoms with Crippen LogP contribution in [0.15, 0.2) is 53.4 Å². The summed E-state index contributed by atoms with van der Waals surface area (Å²) in [5.74, 6) is -1.91. The second-order valence-electron chi connectivity index (χ2n) is 7.92. The first-order valence-corrected chi connectivity index (χ1v) is 12.2. The molecule has 0 unspecified atom stereocenters. The number of sulfonamides is 1. The van der Waals surface area contributed by atoms with E-state index in [0.717, 1.165) is 11.1 Å². The molecule has 182 valence electrons. The summed E-state index contributed by atoms with van der Waals surface area (Å²) in [7, 11) is -3.77. The van der Waals surface area contributed by atoms with Gasteiger partial charge in [-0.05, 0) is 36.9 Å². The topological polar surface area (TPSA) is 87.5 Å². The summed E-state index contributed by atoms with van der Waals surface area (Å²) in [6.45, 7) is 4.21. The first kappa shape index (κ1) is 24.2. The number of likely N-dealkylation sites (N-methyl/N-ethyl adjacent to an activating group) is 1. The van der Waals surface area contributed by atoms with E-state index < -0.39 is 34.5 Å². The molecule has 4 rings (SSSR count). The molecule has 8 nitrogen and oxygen atoms in total. The normalized spacial score (nSPS) is 16.1. The van der Waals surface area contributed by atoms with E-state index in [1.807, 2.05) is 6.92 Å². The summed E-state index contributed by atoms with van der Waals surface area (Å²) in [6, 6.07) is 11.7. The number of carbonyl (C=O) groups is 1. The van der Waals surface area contributed by atoms with Crippen LogP contribution in [-0.4, -0.2) is 65.8 Å². The molecule has 0 bridgehead atoms. The van der Waals surface area contributed by atoms with Crippen LogP contribution in [0.2, 0.25) is 0 Å². The zero-order valence-electron chi connectivity index (χ0n) is 18.4. The first-order valence-electron chi connectivity index (χ1n) is 10.7. The number of alkyl halides is 3. The molecule has 3 aromatic rings. The quantitative estimate of drug-likeness (QED) is 0.568. The number of benzene rings is 2. The molecule has 34 heavy (non-hydrogen) atoms. The number of anilines is 1. The van der Waals surface area contributed by atoms with E-state index in [0.29, 0.717) is 26.2 Å². The summed E-state index contributed by atoms with van der Waals surface area (Å²) in [5.41, 5.74) is 0.475. The summed E-state index contributed by atoms with van der Waals surface area (Å²) in [6.07, 6.45) is -4.74. The highest BCUT2D eigenvalue weighted by Crippen LogP contribution is 2.31. The van der Waals surface area contributed by atoms with E-state index in [2.05, 4.69) is 15.2 Å². The standard InChI is InChI=1S/C22H24F3N5O3S/c1-2-28-10-12-29(13-11-28)34(32,33)17-7-5-6-16(14-17)26-20(31)15-30-19-9-4-3-8-18(19)27-21(30)22(23,24)25/h3-9,14H,2,10-13,15H2,1H3,(H,26,31). The highest BCUT2D eigenvalue weighted by molar-refractivity contribution is 7.89. The highest BCUT2D eigenvalue weighted by atomic mass is 32.2. The lowest BCUT2D eigenvalue weighted by Gasteiger charge is -2.33. The molecular formula is C22H24F3N5O3S. The SMILES string of the molecule is CCN1CCN(S(=O)(=O)c2cccc(NC(=O)Cn3c(C(F)(F)F)nc4ccccc43)c2)CC1. The van der Waals surface area contributed by atoms with Crippen LogP contribution in [0.3, 0.4) is 0 Å². The molecule has 1 saturated heterocycles. The number of hydrogen-bond donors (Lipinski definition) is 1. The lowest BCUT2D eigenvalue weighted by atomic mass is 10.3. The van der Waals surface area contributed by atoms with Crippen molar-refractivity contribution in [1.82, 2.24) is 18.8 Å². The van der Waals surface area contributed by atoms with E-state index in [4.69, 9.17) is 0 Å². The van der Waals surface area contributed by atoms with Crippen molar-refractivity contribution in [3.05, 3.63) is 54.4 Å². The van der Waals surface area contributed by atoms with Crippen molar-refractivity contribution in [2.24, 2.45) is 0 Å². The van der Waals surface area contributed by atoms with Crippen molar-refractivity contribution in [3.63, 3.8) is 0 Å². The van der Waals surface area contributed by atoms with Crippen LogP contribution < -0.4 is 5.32 Å². The number of fused-ring (bicyclic) bond motifs is 1. The summed E-state index contributed by atoms with van der Waals surface area (Å²) < 4.78 is 68.7. The summed E-state index contributed by atoms with van der Waals surface area (Å²) in [5, 5.41) is 2.51. The molecule has 0 radical (unpaired) electrons. The Bertz CT molecular complexity index is 1300. The molecule has 1 aliphatic heterocycles. The Balaban J connectivity index is 1.53. The molecule has 12 heteroatoms. The molecule has 0 atom stereocenters. The fourth-order valence-electron chi connectivity index (χ4n) is 3.97. The Kier molecular flexibility index (Phi) is 6.65. The van der Waals surface area contributed by atoms with E-state index in [9.17, 15) is 26.4 Å². The van der Waals surface area contributed by atoms with Gasteiger partial charge in [0.1, 0.15) is 6.54 Å². The lowest BCUT2D eigenvalue weighted by molar-refractivity contribution is -0.147. The van der Waals surface area contributed by atoms with Gasteiger partial charge in [-0.2, -0.15) is 17.5 Å². The van der Waals surface area contributed by atoms with Crippen molar-refractivity contribution in [2.75, 3.05) is 38.0 Å². The molecule has 2 heterocycles. The van der Waals surface area contributed by atoms with E-state index in [-0.39, 0.29) is 21.6 Å². The summed E-state index contributed by atoms with van der Waals surface area (Å²) in [4.78, 5) is 18.4. The first-order chi connectivity index (χ1) is 16.1. The number of nitrogens with zero attached hydrogens (tertiary/aromatic N) is 4. The van der Waals surface area contributed by atoms with Crippen LogP contribution in [-0.2, 0) is 27.5 Å². The van der Waals surface area contributed by atoms with Gasteiger partial charge in [0.05, 0.1) is 15.9 Å². The van der Waals surface area contributed by atoms with Gasteiger partial charge in [0, 0.05) is 31.9 Å². The number of carbonyl (C=O) groups excluding carboxylic acids is 1. The third-order valence-electron chi connectivity index (χ3n) is 5.74. The number of hydrogen-bond acceptors (Lipinski definition) is 5. The number of halogens is 3. The maximum atomic E-state index is 13.5. The van der Waals surface area contributed by atoms with Crippen LogP contribution in [0.5, 0.6) is 0 Å². The Morgan fingerprint density at radius 3 is 2.44 bits per heavy atom. The summed E-state index contributed by atoms with van der Waals surface area (Å²) >= 11 is 0. The largest absolute Gasteiger partial charge is 0.449 e. The van der Waals surface area contributed by atoms with Crippen LogP contribution in [0, 0.1) is 0 Å². The third-order valence-corrected chi connectivity index (χ3v) is 7.64. The average Bonchev–Trinajstić information content (AvgIpc) is 3.18. The number of piperazine rings is 1. The molecule has 1 aromatic heterocycles. The van der Waals surface area contributed by atoms with Crippen molar-refractivity contribution >= 4 is 32.7 Å². The van der Waals surface area contributed by atoms with Crippen molar-refractivity contribution in [1.29, 1.82) is 0 Å². The number of imidazole rings is 1. The molecule has 1 fully saturated rings. The van der Waals surface area contributed by atoms with E-state index >= 15 is 0 Å². The fraction of sp³-hybridized carbons (Fsp3) is 0.364. The minimum absolute atomic E-state index is 0.0132. The van der Waals surface area contributed by atoms with Crippen molar-refractivity contribution < 1.29 is 26.4 Å². The predicted molar refractivity (Wildman–Crippen MR) is 121 cm³/mol.